The summed E-state index contributed by atoms with van der Waals surface area (Å²) >= 11 is 0. The lowest BCUT2D eigenvalue weighted by molar-refractivity contribution is -0.119. The van der Waals surface area contributed by atoms with Gasteiger partial charge in [-0.05, 0) is 25.1 Å². The highest BCUT2D eigenvalue weighted by Gasteiger charge is 2.33. The molecule has 2 aliphatic rings. The van der Waals surface area contributed by atoms with Crippen LogP contribution in [-0.4, -0.2) is 80.2 Å². The maximum Gasteiger partial charge on any atom is 0.414 e. The number of cyclic esters (lactones) is 1. The Balaban J connectivity index is 1.62. The Morgan fingerprint density at radius 3 is 2.90 bits per heavy atom. The highest BCUT2D eigenvalue weighted by molar-refractivity contribution is 5.90. The van der Waals surface area contributed by atoms with Gasteiger partial charge in [0.25, 0.3) is 0 Å². The van der Waals surface area contributed by atoms with Crippen LogP contribution in [0, 0.1) is 5.82 Å². The Hall–Kier alpha value is -2.92. The average molecular weight is 423 g/mol. The van der Waals surface area contributed by atoms with E-state index >= 15 is 0 Å². The first kappa shape index (κ1) is 21.8. The molecule has 10 nitrogen and oxygen atoms in total. The van der Waals surface area contributed by atoms with Crippen LogP contribution in [-0.2, 0) is 14.3 Å². The highest BCUT2D eigenvalue weighted by atomic mass is 19.1. The van der Waals surface area contributed by atoms with Gasteiger partial charge >= 0.3 is 6.09 Å². The van der Waals surface area contributed by atoms with Crippen LogP contribution in [0.2, 0.25) is 0 Å². The number of nitrogens with one attached hydrogen (secondary N) is 1. The minimum Gasteiger partial charge on any atom is -0.442 e. The highest BCUT2D eigenvalue weighted by Crippen LogP contribution is 2.28. The summed E-state index contributed by atoms with van der Waals surface area (Å²) < 4.78 is 25.1. The molecule has 2 aliphatic heterocycles. The zero-order chi connectivity index (χ0) is 21.7. The number of β-amino-alcohol motifs (C(OH)–C–C–N with tert-alkyl or cyclic N) is 1. The summed E-state index contributed by atoms with van der Waals surface area (Å²) in [6, 6.07) is 4.49. The first-order valence-electron chi connectivity index (χ1n) is 9.75. The molecular formula is C19H26FN5O5. The van der Waals surface area contributed by atoms with Crippen LogP contribution in [0.3, 0.4) is 0 Å². The molecule has 1 aromatic carbocycles. The van der Waals surface area contributed by atoms with Crippen LogP contribution in [0.5, 0.6) is 0 Å². The number of benzene rings is 1. The molecule has 0 saturated carbocycles. The second kappa shape index (κ2) is 9.72. The lowest BCUT2D eigenvalue weighted by Crippen LogP contribution is -2.41. The fourth-order valence-electron chi connectivity index (χ4n) is 3.21. The van der Waals surface area contributed by atoms with Crippen LogP contribution < -0.4 is 15.1 Å². The maximum atomic E-state index is 14.8. The number of nitrogens with zero attached hydrogens (tertiary/aromatic N) is 4. The first-order valence-corrected chi connectivity index (χ1v) is 9.75. The van der Waals surface area contributed by atoms with Gasteiger partial charge in [0.2, 0.25) is 5.91 Å². The molecule has 1 aromatic rings. The van der Waals surface area contributed by atoms with Gasteiger partial charge in [-0.3, -0.25) is 14.7 Å². The van der Waals surface area contributed by atoms with Crippen molar-refractivity contribution in [2.24, 2.45) is 5.10 Å². The van der Waals surface area contributed by atoms with Crippen molar-refractivity contribution in [3.8, 4) is 0 Å². The molecule has 1 fully saturated rings. The van der Waals surface area contributed by atoms with Crippen molar-refractivity contribution in [1.29, 1.82) is 0 Å². The van der Waals surface area contributed by atoms with E-state index in [0.29, 0.717) is 31.1 Å². The van der Waals surface area contributed by atoms with E-state index in [4.69, 9.17) is 9.47 Å². The third-order valence-corrected chi connectivity index (χ3v) is 4.68. The van der Waals surface area contributed by atoms with E-state index in [0.717, 1.165) is 0 Å². The van der Waals surface area contributed by atoms with Crippen molar-refractivity contribution in [2.75, 3.05) is 49.1 Å². The second-order valence-electron chi connectivity index (χ2n) is 6.94. The standard InChI is InChI=1S/C19H26FN5O5/c1-3-29-18(27)11-24-7-6-23(12-22-24)17-5-4-14(8-16(17)20)25-10-15(30-19(25)28)9-21-13(2)26/h4-5,8,12,15,18,27H,3,6-7,9-11H2,1-2H3,(H,21,26). The fraction of sp³-hybridized carbons (Fsp3) is 0.526. The van der Waals surface area contributed by atoms with Crippen LogP contribution in [0.1, 0.15) is 13.8 Å². The molecular weight excluding hydrogens is 397 g/mol. The van der Waals surface area contributed by atoms with Gasteiger partial charge in [-0.2, -0.15) is 5.10 Å². The minimum atomic E-state index is -0.926. The van der Waals surface area contributed by atoms with Crippen molar-refractivity contribution in [1.82, 2.24) is 10.3 Å². The SMILES string of the molecule is CCOC(O)CN1CCN(c2ccc(N3CC(CNC(C)=O)OC3=O)cc2F)C=N1. The number of rotatable bonds is 8. The van der Waals surface area contributed by atoms with Crippen molar-refractivity contribution < 1.29 is 28.6 Å². The van der Waals surface area contributed by atoms with Crippen LogP contribution >= 0.6 is 0 Å². The Morgan fingerprint density at radius 2 is 2.27 bits per heavy atom. The lowest BCUT2D eigenvalue weighted by Gasteiger charge is -2.31. The van der Waals surface area contributed by atoms with E-state index in [9.17, 15) is 19.1 Å². The molecule has 0 radical (unpaired) electrons. The van der Waals surface area contributed by atoms with E-state index in [1.165, 1.54) is 24.2 Å². The third kappa shape index (κ3) is 5.36. The summed E-state index contributed by atoms with van der Waals surface area (Å²) in [5.41, 5.74) is 0.705. The topological polar surface area (TPSA) is 107 Å². The third-order valence-electron chi connectivity index (χ3n) is 4.68. The van der Waals surface area contributed by atoms with Gasteiger partial charge in [0, 0.05) is 20.1 Å². The van der Waals surface area contributed by atoms with Crippen molar-refractivity contribution in [3.05, 3.63) is 24.0 Å². The number of aliphatic hydroxyl groups excluding tert-OH is 1. The summed E-state index contributed by atoms with van der Waals surface area (Å²) in [6.07, 6.45) is -0.505. The van der Waals surface area contributed by atoms with Crippen molar-refractivity contribution >= 4 is 29.7 Å². The molecule has 0 bridgehead atoms. The Labute approximate surface area is 173 Å². The summed E-state index contributed by atoms with van der Waals surface area (Å²) in [5, 5.41) is 18.2. The van der Waals surface area contributed by atoms with Gasteiger partial charge in [-0.25, -0.2) is 9.18 Å². The van der Waals surface area contributed by atoms with E-state index in [2.05, 4.69) is 10.4 Å². The van der Waals surface area contributed by atoms with Gasteiger partial charge in [-0.15, -0.1) is 0 Å². The van der Waals surface area contributed by atoms with E-state index in [1.54, 1.807) is 29.0 Å². The van der Waals surface area contributed by atoms with Crippen LogP contribution in [0.4, 0.5) is 20.6 Å². The summed E-state index contributed by atoms with van der Waals surface area (Å²) in [7, 11) is 0. The quantitative estimate of drug-likeness (QED) is 0.593. The predicted molar refractivity (Wildman–Crippen MR) is 108 cm³/mol. The number of hydrogen-bond acceptors (Lipinski definition) is 8. The Bertz CT molecular complexity index is 808. The number of hydrogen-bond donors (Lipinski definition) is 2. The molecule has 0 spiro atoms. The number of aliphatic hydroxyl groups is 1. The number of anilines is 2. The Morgan fingerprint density at radius 1 is 1.47 bits per heavy atom. The van der Waals surface area contributed by atoms with Crippen LogP contribution in [0.15, 0.2) is 23.3 Å². The van der Waals surface area contributed by atoms with Gasteiger partial charge in [0.05, 0.1) is 37.6 Å². The molecule has 2 amide bonds. The van der Waals surface area contributed by atoms with E-state index < -0.39 is 24.3 Å². The molecule has 30 heavy (non-hydrogen) atoms. The molecule has 3 rings (SSSR count). The molecule has 0 aromatic heterocycles. The zero-order valence-corrected chi connectivity index (χ0v) is 17.0. The van der Waals surface area contributed by atoms with E-state index in [1.807, 2.05) is 0 Å². The molecule has 2 unspecified atom stereocenters. The summed E-state index contributed by atoms with van der Waals surface area (Å²) in [5.74, 6) is -0.714. The van der Waals surface area contributed by atoms with Gasteiger partial charge in [-0.1, -0.05) is 0 Å². The number of hydrazone groups is 1. The number of amides is 2. The number of ether oxygens (including phenoxy) is 2. The fourth-order valence-corrected chi connectivity index (χ4v) is 3.21. The summed E-state index contributed by atoms with van der Waals surface area (Å²) in [4.78, 5) is 26.1. The lowest BCUT2D eigenvalue weighted by atomic mass is 10.2. The van der Waals surface area contributed by atoms with Crippen molar-refractivity contribution in [2.45, 2.75) is 26.2 Å². The maximum absolute atomic E-state index is 14.8. The second-order valence-corrected chi connectivity index (χ2v) is 6.94. The molecule has 2 N–H and O–H groups in total. The number of halogens is 1. The van der Waals surface area contributed by atoms with Crippen LogP contribution in [0.25, 0.3) is 0 Å². The molecule has 2 heterocycles. The number of carbonyl (C=O) groups excluding carboxylic acids is 2. The average Bonchev–Trinajstić information content (AvgIpc) is 3.08. The van der Waals surface area contributed by atoms with Crippen molar-refractivity contribution in [3.63, 3.8) is 0 Å². The predicted octanol–water partition coefficient (Wildman–Crippen LogP) is 0.707. The smallest absolute Gasteiger partial charge is 0.414 e. The zero-order valence-electron chi connectivity index (χ0n) is 17.0. The minimum absolute atomic E-state index is 0.205. The molecule has 164 valence electrons. The van der Waals surface area contributed by atoms with Gasteiger partial charge < -0.3 is 24.8 Å². The molecule has 2 atom stereocenters. The summed E-state index contributed by atoms with van der Waals surface area (Å²) in [6.45, 7) is 5.21. The Kier molecular flexibility index (Phi) is 7.06. The van der Waals surface area contributed by atoms with E-state index in [-0.39, 0.29) is 25.5 Å². The van der Waals surface area contributed by atoms with Gasteiger partial charge in [0.1, 0.15) is 18.3 Å². The number of carbonyl (C=O) groups is 2. The molecule has 0 aliphatic carbocycles. The first-order chi connectivity index (χ1) is 14.4. The largest absolute Gasteiger partial charge is 0.442 e. The molecule has 1 saturated heterocycles. The normalized spacial score (nSPS) is 19.8. The van der Waals surface area contributed by atoms with Gasteiger partial charge in [0.15, 0.2) is 6.29 Å². The molecule has 11 heteroatoms. The monoisotopic (exact) mass is 423 g/mol.